The van der Waals surface area contributed by atoms with Crippen LogP contribution in [0.1, 0.15) is 12.8 Å². The molecule has 3 rings (SSSR count). The van der Waals surface area contributed by atoms with Crippen LogP contribution in [0.15, 0.2) is 24.3 Å². The fourth-order valence-electron chi connectivity index (χ4n) is 1.90. The minimum Gasteiger partial charge on any atom is -0.315 e. The predicted octanol–water partition coefficient (Wildman–Crippen LogP) is 1.43. The van der Waals surface area contributed by atoms with Crippen LogP contribution in [-0.4, -0.2) is 28.1 Å². The molecule has 1 aromatic heterocycles. The van der Waals surface area contributed by atoms with Gasteiger partial charge in [0.2, 0.25) is 0 Å². The number of benzene rings is 1. The molecule has 0 atom stereocenters. The molecule has 1 saturated carbocycles. The highest BCUT2D eigenvalue weighted by Crippen LogP contribution is 2.27. The summed E-state index contributed by atoms with van der Waals surface area (Å²) in [7, 11) is 0. The first-order chi connectivity index (χ1) is 7.93. The summed E-state index contributed by atoms with van der Waals surface area (Å²) in [6, 6.07) is 8.08. The van der Waals surface area contributed by atoms with Crippen molar-refractivity contribution in [3.8, 4) is 0 Å². The van der Waals surface area contributed by atoms with Gasteiger partial charge in [-0.2, -0.15) is 0 Å². The maximum atomic E-state index is 4.15. The molecule has 4 nitrogen and oxygen atoms in total. The Kier molecular flexibility index (Phi) is 2.58. The molecule has 0 radical (unpaired) electrons. The zero-order chi connectivity index (χ0) is 10.8. The van der Waals surface area contributed by atoms with E-state index in [0.29, 0.717) is 0 Å². The molecule has 4 heteroatoms. The highest BCUT2D eigenvalue weighted by molar-refractivity contribution is 5.73. The lowest BCUT2D eigenvalue weighted by atomic mass is 10.3. The highest BCUT2D eigenvalue weighted by atomic mass is 15.4. The Balaban J connectivity index is 1.60. The summed E-state index contributed by atoms with van der Waals surface area (Å²) in [5, 5.41) is 11.7. The number of hydrogen-bond acceptors (Lipinski definition) is 3. The Labute approximate surface area is 94.6 Å². The van der Waals surface area contributed by atoms with E-state index < -0.39 is 0 Å². The monoisotopic (exact) mass is 216 g/mol. The molecule has 2 aromatic rings. The van der Waals surface area contributed by atoms with Gasteiger partial charge < -0.3 is 5.32 Å². The molecule has 0 amide bonds. The molecule has 16 heavy (non-hydrogen) atoms. The minimum absolute atomic E-state index is 0.896. The third-order valence-corrected chi connectivity index (χ3v) is 3.05. The third-order valence-electron chi connectivity index (χ3n) is 3.05. The first kappa shape index (κ1) is 9.78. The van der Waals surface area contributed by atoms with E-state index in [1.807, 2.05) is 22.9 Å². The molecule has 1 aromatic carbocycles. The molecule has 1 N–H and O–H groups in total. The standard InChI is InChI=1S/C12H16N4/c1-2-4-12-11(3-1)14-15-16(12)8-7-13-9-10-5-6-10/h1-4,10,13H,5-9H2. The summed E-state index contributed by atoms with van der Waals surface area (Å²) >= 11 is 0. The lowest BCUT2D eigenvalue weighted by Crippen LogP contribution is -2.22. The van der Waals surface area contributed by atoms with Crippen LogP contribution in [0.4, 0.5) is 0 Å². The van der Waals surface area contributed by atoms with Crippen LogP contribution in [-0.2, 0) is 6.54 Å². The summed E-state index contributed by atoms with van der Waals surface area (Å²) < 4.78 is 1.97. The second-order valence-electron chi connectivity index (χ2n) is 4.45. The SMILES string of the molecule is c1ccc2c(c1)nnn2CCNCC1CC1. The van der Waals surface area contributed by atoms with Gasteiger partial charge in [0.05, 0.1) is 12.1 Å². The van der Waals surface area contributed by atoms with Gasteiger partial charge in [-0.05, 0) is 37.4 Å². The summed E-state index contributed by atoms with van der Waals surface area (Å²) in [5.74, 6) is 0.937. The number of para-hydroxylation sites is 1. The van der Waals surface area contributed by atoms with Crippen LogP contribution in [0.3, 0.4) is 0 Å². The van der Waals surface area contributed by atoms with Gasteiger partial charge in [-0.1, -0.05) is 17.3 Å². The molecule has 1 aliphatic carbocycles. The Morgan fingerprint density at radius 1 is 1.31 bits per heavy atom. The first-order valence-corrected chi connectivity index (χ1v) is 5.92. The number of fused-ring (bicyclic) bond motifs is 1. The van der Waals surface area contributed by atoms with Gasteiger partial charge in [0.1, 0.15) is 5.52 Å². The fourth-order valence-corrected chi connectivity index (χ4v) is 1.90. The van der Waals surface area contributed by atoms with Crippen molar-refractivity contribution in [3.63, 3.8) is 0 Å². The van der Waals surface area contributed by atoms with Crippen LogP contribution >= 0.6 is 0 Å². The number of rotatable bonds is 5. The fraction of sp³-hybridized carbons (Fsp3) is 0.500. The van der Waals surface area contributed by atoms with E-state index in [1.165, 1.54) is 12.8 Å². The molecular formula is C12H16N4. The summed E-state index contributed by atoms with van der Waals surface area (Å²) in [5.41, 5.74) is 2.10. The quantitative estimate of drug-likeness (QED) is 0.769. The van der Waals surface area contributed by atoms with Gasteiger partial charge in [0.25, 0.3) is 0 Å². The maximum Gasteiger partial charge on any atom is 0.113 e. The summed E-state index contributed by atoms with van der Waals surface area (Å²) in [6.45, 7) is 3.03. The zero-order valence-corrected chi connectivity index (χ0v) is 9.26. The van der Waals surface area contributed by atoms with E-state index in [0.717, 1.165) is 36.6 Å². The second kappa shape index (κ2) is 4.22. The largest absolute Gasteiger partial charge is 0.315 e. The molecule has 0 unspecified atom stereocenters. The first-order valence-electron chi connectivity index (χ1n) is 5.92. The molecule has 0 bridgehead atoms. The average molecular weight is 216 g/mol. The van der Waals surface area contributed by atoms with Gasteiger partial charge in [-0.3, -0.25) is 0 Å². The van der Waals surface area contributed by atoms with Crippen molar-refractivity contribution in [2.75, 3.05) is 13.1 Å². The molecule has 1 aliphatic rings. The van der Waals surface area contributed by atoms with Crippen molar-refractivity contribution in [1.82, 2.24) is 20.3 Å². The van der Waals surface area contributed by atoms with E-state index in [9.17, 15) is 0 Å². The van der Waals surface area contributed by atoms with Gasteiger partial charge in [-0.25, -0.2) is 4.68 Å². The molecule has 0 aliphatic heterocycles. The number of nitrogens with one attached hydrogen (secondary N) is 1. The molecule has 1 heterocycles. The molecular weight excluding hydrogens is 200 g/mol. The average Bonchev–Trinajstić information content (AvgIpc) is 3.05. The topological polar surface area (TPSA) is 42.7 Å². The van der Waals surface area contributed by atoms with Crippen LogP contribution in [0, 0.1) is 5.92 Å². The third kappa shape index (κ3) is 2.07. The van der Waals surface area contributed by atoms with Crippen LogP contribution in [0.25, 0.3) is 11.0 Å². The van der Waals surface area contributed by atoms with E-state index in [1.54, 1.807) is 0 Å². The molecule has 1 fully saturated rings. The normalized spacial score (nSPS) is 15.8. The van der Waals surface area contributed by atoms with Gasteiger partial charge in [0.15, 0.2) is 0 Å². The van der Waals surface area contributed by atoms with E-state index in [-0.39, 0.29) is 0 Å². The Hall–Kier alpha value is -1.42. The lowest BCUT2D eigenvalue weighted by molar-refractivity contribution is 0.540. The predicted molar refractivity (Wildman–Crippen MR) is 63.1 cm³/mol. The lowest BCUT2D eigenvalue weighted by Gasteiger charge is -2.03. The Bertz CT molecular complexity index is 473. The number of hydrogen-bond donors (Lipinski definition) is 1. The van der Waals surface area contributed by atoms with Crippen LogP contribution in [0.5, 0.6) is 0 Å². The van der Waals surface area contributed by atoms with Crippen LogP contribution in [0.2, 0.25) is 0 Å². The van der Waals surface area contributed by atoms with Gasteiger partial charge >= 0.3 is 0 Å². The van der Waals surface area contributed by atoms with Crippen molar-refractivity contribution in [2.45, 2.75) is 19.4 Å². The van der Waals surface area contributed by atoms with E-state index >= 15 is 0 Å². The number of aromatic nitrogens is 3. The van der Waals surface area contributed by atoms with Crippen molar-refractivity contribution >= 4 is 11.0 Å². The highest BCUT2D eigenvalue weighted by Gasteiger charge is 2.19. The van der Waals surface area contributed by atoms with Gasteiger partial charge in [0, 0.05) is 6.54 Å². The van der Waals surface area contributed by atoms with Crippen molar-refractivity contribution in [3.05, 3.63) is 24.3 Å². The van der Waals surface area contributed by atoms with Crippen LogP contribution < -0.4 is 5.32 Å². The van der Waals surface area contributed by atoms with E-state index in [4.69, 9.17) is 0 Å². The zero-order valence-electron chi connectivity index (χ0n) is 9.26. The maximum absolute atomic E-state index is 4.15. The van der Waals surface area contributed by atoms with Gasteiger partial charge in [-0.15, -0.1) is 5.10 Å². The Morgan fingerprint density at radius 2 is 2.19 bits per heavy atom. The van der Waals surface area contributed by atoms with Crippen molar-refractivity contribution in [1.29, 1.82) is 0 Å². The summed E-state index contributed by atoms with van der Waals surface area (Å²) in [6.07, 6.45) is 2.80. The van der Waals surface area contributed by atoms with Crippen molar-refractivity contribution in [2.24, 2.45) is 5.92 Å². The molecule has 84 valence electrons. The Morgan fingerprint density at radius 3 is 3.06 bits per heavy atom. The number of nitrogens with zero attached hydrogens (tertiary/aromatic N) is 3. The molecule has 0 saturated heterocycles. The van der Waals surface area contributed by atoms with E-state index in [2.05, 4.69) is 21.7 Å². The van der Waals surface area contributed by atoms with Crippen molar-refractivity contribution < 1.29 is 0 Å². The second-order valence-corrected chi connectivity index (χ2v) is 4.45. The molecule has 0 spiro atoms. The smallest absolute Gasteiger partial charge is 0.113 e. The minimum atomic E-state index is 0.896. The summed E-state index contributed by atoms with van der Waals surface area (Å²) in [4.78, 5) is 0.